The maximum Gasteiger partial charge on any atom is 0.0701 e. The summed E-state index contributed by atoms with van der Waals surface area (Å²) >= 11 is 0. The van der Waals surface area contributed by atoms with Crippen LogP contribution in [0.5, 0.6) is 0 Å². The van der Waals surface area contributed by atoms with Gasteiger partial charge in [-0.05, 0) is 19.1 Å². The van der Waals surface area contributed by atoms with Crippen molar-refractivity contribution >= 4 is 0 Å². The Morgan fingerprint density at radius 2 is 1.21 bits per heavy atom. The minimum atomic E-state index is 1.03. The molecule has 1 heteroatoms. The third-order valence-electron chi connectivity index (χ3n) is 2.67. The molecule has 0 fully saturated rings. The molecular weight excluding hydrogens is 230 g/mol. The fourth-order valence-electron chi connectivity index (χ4n) is 1.68. The van der Waals surface area contributed by atoms with Gasteiger partial charge in [-0.2, -0.15) is 0 Å². The second-order valence-electron chi connectivity index (χ2n) is 4.24. The van der Waals surface area contributed by atoms with Gasteiger partial charge in [0.25, 0.3) is 0 Å². The van der Waals surface area contributed by atoms with Gasteiger partial charge in [0.2, 0.25) is 0 Å². The van der Waals surface area contributed by atoms with Crippen LogP contribution in [0.15, 0.2) is 85.1 Å². The third-order valence-corrected chi connectivity index (χ3v) is 2.67. The molecule has 0 saturated carbocycles. The molecule has 0 radical (unpaired) electrons. The molecule has 94 valence electrons. The predicted molar refractivity (Wildman–Crippen MR) is 80.9 cm³/mol. The van der Waals surface area contributed by atoms with E-state index in [1.807, 2.05) is 60.8 Å². The number of pyridine rings is 1. The van der Waals surface area contributed by atoms with Crippen molar-refractivity contribution in [2.75, 3.05) is 0 Å². The summed E-state index contributed by atoms with van der Waals surface area (Å²) < 4.78 is 0. The van der Waals surface area contributed by atoms with E-state index in [1.54, 1.807) is 0 Å². The van der Waals surface area contributed by atoms with Crippen molar-refractivity contribution in [1.82, 2.24) is 4.98 Å². The number of hydrogen-bond acceptors (Lipinski definition) is 1. The zero-order valence-electron chi connectivity index (χ0n) is 11.0. The Balaban J connectivity index is 0.000000163. The van der Waals surface area contributed by atoms with Gasteiger partial charge in [0.15, 0.2) is 0 Å². The van der Waals surface area contributed by atoms with Crippen molar-refractivity contribution in [3.63, 3.8) is 0 Å². The smallest absolute Gasteiger partial charge is 0.0701 e. The predicted octanol–water partition coefficient (Wildman–Crippen LogP) is 4.74. The zero-order valence-corrected chi connectivity index (χ0v) is 11.0. The van der Waals surface area contributed by atoms with Crippen LogP contribution in [0, 0.1) is 6.92 Å². The highest BCUT2D eigenvalue weighted by molar-refractivity contribution is 5.58. The van der Waals surface area contributed by atoms with E-state index in [2.05, 4.69) is 36.2 Å². The van der Waals surface area contributed by atoms with Crippen LogP contribution in [0.3, 0.4) is 0 Å². The van der Waals surface area contributed by atoms with E-state index in [4.69, 9.17) is 0 Å². The molecule has 0 aliphatic carbocycles. The van der Waals surface area contributed by atoms with Crippen LogP contribution in [0.2, 0.25) is 0 Å². The molecule has 0 aliphatic heterocycles. The van der Waals surface area contributed by atoms with Crippen molar-refractivity contribution in [2.45, 2.75) is 6.92 Å². The first-order valence-electron chi connectivity index (χ1n) is 6.34. The minimum absolute atomic E-state index is 1.03. The summed E-state index contributed by atoms with van der Waals surface area (Å²) in [5.74, 6) is 0. The second-order valence-corrected chi connectivity index (χ2v) is 4.24. The number of nitrogens with zero attached hydrogens (tertiary/aromatic N) is 1. The van der Waals surface area contributed by atoms with E-state index in [9.17, 15) is 0 Å². The van der Waals surface area contributed by atoms with Gasteiger partial charge in [0, 0.05) is 11.8 Å². The number of aryl methyl sites for hydroxylation is 1. The first-order chi connectivity index (χ1) is 9.36. The summed E-state index contributed by atoms with van der Waals surface area (Å²) in [6, 6.07) is 26.3. The minimum Gasteiger partial charge on any atom is -0.256 e. The van der Waals surface area contributed by atoms with Gasteiger partial charge in [-0.25, -0.2) is 0 Å². The molecule has 1 nitrogen and oxygen atoms in total. The number of rotatable bonds is 1. The first-order valence-corrected chi connectivity index (χ1v) is 6.34. The Bertz CT molecular complexity index is 536. The van der Waals surface area contributed by atoms with Gasteiger partial charge in [-0.1, -0.05) is 72.3 Å². The molecule has 0 saturated heterocycles. The summed E-state index contributed by atoms with van der Waals surface area (Å²) in [6.07, 6.45) is 1.81. The molecule has 2 aromatic carbocycles. The number of benzene rings is 2. The van der Waals surface area contributed by atoms with Crippen molar-refractivity contribution in [3.8, 4) is 11.3 Å². The first kappa shape index (κ1) is 13.0. The van der Waals surface area contributed by atoms with E-state index in [0.717, 1.165) is 11.3 Å². The SMILES string of the molecule is Cc1ccccc1.c1ccc(-c2ccccn2)cc1. The standard InChI is InChI=1S/C11H9N.C7H8/c1-2-6-10(7-3-1)11-8-4-5-9-12-11;1-7-5-3-2-4-6-7/h1-9H;2-6H,1H3. The van der Waals surface area contributed by atoms with Crippen LogP contribution in [0.1, 0.15) is 5.56 Å². The number of hydrogen-bond donors (Lipinski definition) is 0. The highest BCUT2D eigenvalue weighted by Crippen LogP contribution is 2.14. The van der Waals surface area contributed by atoms with E-state index >= 15 is 0 Å². The van der Waals surface area contributed by atoms with Gasteiger partial charge in [0.1, 0.15) is 0 Å². The summed E-state index contributed by atoms with van der Waals surface area (Å²) in [7, 11) is 0. The molecule has 0 aliphatic rings. The molecule has 0 N–H and O–H groups in total. The fraction of sp³-hybridized carbons (Fsp3) is 0.0556. The van der Waals surface area contributed by atoms with Crippen LogP contribution < -0.4 is 0 Å². The molecule has 0 bridgehead atoms. The molecule has 3 rings (SSSR count). The molecule has 19 heavy (non-hydrogen) atoms. The Morgan fingerprint density at radius 3 is 1.68 bits per heavy atom. The number of aromatic nitrogens is 1. The van der Waals surface area contributed by atoms with Crippen molar-refractivity contribution in [2.24, 2.45) is 0 Å². The third kappa shape index (κ3) is 4.40. The lowest BCUT2D eigenvalue weighted by Crippen LogP contribution is -1.79. The fourth-order valence-corrected chi connectivity index (χ4v) is 1.68. The lowest BCUT2D eigenvalue weighted by molar-refractivity contribution is 1.33. The van der Waals surface area contributed by atoms with Gasteiger partial charge >= 0.3 is 0 Å². The van der Waals surface area contributed by atoms with E-state index in [-0.39, 0.29) is 0 Å². The Hall–Kier alpha value is -2.41. The van der Waals surface area contributed by atoms with Crippen LogP contribution in [0.25, 0.3) is 11.3 Å². The highest BCUT2D eigenvalue weighted by atomic mass is 14.7. The van der Waals surface area contributed by atoms with Crippen LogP contribution in [-0.4, -0.2) is 4.98 Å². The van der Waals surface area contributed by atoms with Gasteiger partial charge in [-0.3, -0.25) is 4.98 Å². The highest BCUT2D eigenvalue weighted by Gasteiger charge is 1.93. The monoisotopic (exact) mass is 247 g/mol. The van der Waals surface area contributed by atoms with Crippen molar-refractivity contribution in [1.29, 1.82) is 0 Å². The molecule has 0 spiro atoms. The lowest BCUT2D eigenvalue weighted by Gasteiger charge is -1.97. The van der Waals surface area contributed by atoms with Gasteiger partial charge < -0.3 is 0 Å². The Morgan fingerprint density at radius 1 is 0.632 bits per heavy atom. The maximum atomic E-state index is 4.25. The molecular formula is C18H17N. The lowest BCUT2D eigenvalue weighted by atomic mass is 10.1. The van der Waals surface area contributed by atoms with E-state index < -0.39 is 0 Å². The van der Waals surface area contributed by atoms with E-state index in [0.29, 0.717) is 0 Å². The average molecular weight is 247 g/mol. The quantitative estimate of drug-likeness (QED) is 0.605. The molecule has 0 atom stereocenters. The molecule has 1 heterocycles. The van der Waals surface area contributed by atoms with Crippen molar-refractivity contribution in [3.05, 3.63) is 90.6 Å². The summed E-state index contributed by atoms with van der Waals surface area (Å²) in [5.41, 5.74) is 3.51. The summed E-state index contributed by atoms with van der Waals surface area (Å²) in [5, 5.41) is 0. The molecule has 3 aromatic rings. The maximum absolute atomic E-state index is 4.25. The molecule has 1 aromatic heterocycles. The second kappa shape index (κ2) is 7.12. The largest absolute Gasteiger partial charge is 0.256 e. The van der Waals surface area contributed by atoms with Crippen LogP contribution in [0.4, 0.5) is 0 Å². The zero-order chi connectivity index (χ0) is 13.3. The van der Waals surface area contributed by atoms with E-state index in [1.165, 1.54) is 5.56 Å². The van der Waals surface area contributed by atoms with Crippen molar-refractivity contribution < 1.29 is 0 Å². The van der Waals surface area contributed by atoms with Gasteiger partial charge in [0.05, 0.1) is 5.69 Å². The Kier molecular flexibility index (Phi) is 4.88. The molecule has 0 unspecified atom stereocenters. The normalized spacial score (nSPS) is 9.32. The Labute approximate surface area is 114 Å². The average Bonchev–Trinajstić information content (AvgIpc) is 2.51. The summed E-state index contributed by atoms with van der Waals surface area (Å²) in [6.45, 7) is 2.08. The molecule has 0 amide bonds. The van der Waals surface area contributed by atoms with Gasteiger partial charge in [-0.15, -0.1) is 0 Å². The summed E-state index contributed by atoms with van der Waals surface area (Å²) in [4.78, 5) is 4.25. The van der Waals surface area contributed by atoms with Crippen LogP contribution >= 0.6 is 0 Å². The van der Waals surface area contributed by atoms with Crippen LogP contribution in [-0.2, 0) is 0 Å². The topological polar surface area (TPSA) is 12.9 Å².